The molecular formula is C19H23NO3. The third-order valence-corrected chi connectivity index (χ3v) is 5.75. The molecule has 2 saturated carbocycles. The van der Waals surface area contributed by atoms with Crippen molar-refractivity contribution in [2.45, 2.75) is 31.7 Å². The minimum Gasteiger partial charge on any atom is -0.493 e. The Balaban J connectivity index is 1.40. The third-order valence-electron chi connectivity index (χ3n) is 5.75. The number of nitrogens with one attached hydrogen (secondary N) is 1. The van der Waals surface area contributed by atoms with Crippen LogP contribution >= 0.6 is 0 Å². The van der Waals surface area contributed by atoms with Crippen molar-refractivity contribution in [2.75, 3.05) is 13.2 Å². The standard InChI is InChI=1S/C19H23NO3/c21-11-16-13-3-4-15(10-13)19(16)20-18(22)6-2-12-1-5-17-14(9-12)7-8-23-17/h1-2,5-6,9,13,15-16,19,21H,3-4,7-8,10-11H2,(H,20,22)/b6-2+. The first-order chi connectivity index (χ1) is 11.2. The second-order valence-electron chi connectivity index (χ2n) is 7.01. The SMILES string of the molecule is O=C(/C=C/c1ccc2c(c1)CCO2)NC1C2CCC(C2)C1CO. The molecule has 0 spiro atoms. The molecule has 0 aromatic heterocycles. The van der Waals surface area contributed by atoms with Crippen LogP contribution in [0.1, 0.15) is 30.4 Å². The van der Waals surface area contributed by atoms with Crippen molar-refractivity contribution in [2.24, 2.45) is 17.8 Å². The quantitative estimate of drug-likeness (QED) is 0.838. The number of hydrogen-bond donors (Lipinski definition) is 2. The number of rotatable bonds is 4. The lowest BCUT2D eigenvalue weighted by Gasteiger charge is -2.30. The van der Waals surface area contributed by atoms with Crippen LogP contribution in [-0.4, -0.2) is 30.3 Å². The van der Waals surface area contributed by atoms with E-state index < -0.39 is 0 Å². The first-order valence-electron chi connectivity index (χ1n) is 8.60. The maximum Gasteiger partial charge on any atom is 0.244 e. The highest BCUT2D eigenvalue weighted by Crippen LogP contribution is 2.48. The van der Waals surface area contributed by atoms with E-state index >= 15 is 0 Å². The van der Waals surface area contributed by atoms with Crippen LogP contribution in [0.2, 0.25) is 0 Å². The summed E-state index contributed by atoms with van der Waals surface area (Å²) in [5.74, 6) is 2.28. The molecular weight excluding hydrogens is 290 g/mol. The van der Waals surface area contributed by atoms with Gasteiger partial charge in [-0.25, -0.2) is 0 Å². The molecule has 0 radical (unpaired) electrons. The number of aliphatic hydroxyl groups excluding tert-OH is 1. The lowest BCUT2D eigenvalue weighted by atomic mass is 9.85. The molecule has 1 heterocycles. The van der Waals surface area contributed by atoms with E-state index in [-0.39, 0.29) is 24.5 Å². The van der Waals surface area contributed by atoms with Gasteiger partial charge in [0.15, 0.2) is 0 Å². The largest absolute Gasteiger partial charge is 0.493 e. The zero-order valence-corrected chi connectivity index (χ0v) is 13.2. The molecule has 1 aromatic rings. The highest BCUT2D eigenvalue weighted by atomic mass is 16.5. The molecule has 1 amide bonds. The minimum absolute atomic E-state index is 0.0576. The normalized spacial score (nSPS) is 31.3. The number of aliphatic hydroxyl groups is 1. The molecule has 4 nitrogen and oxygen atoms in total. The van der Waals surface area contributed by atoms with Gasteiger partial charge in [-0.2, -0.15) is 0 Å². The Hall–Kier alpha value is -1.81. The Kier molecular flexibility index (Phi) is 3.85. The number of benzene rings is 1. The zero-order chi connectivity index (χ0) is 15.8. The summed E-state index contributed by atoms with van der Waals surface area (Å²) in [6, 6.07) is 6.17. The number of fused-ring (bicyclic) bond motifs is 3. The molecule has 122 valence electrons. The Labute approximate surface area is 136 Å². The number of carbonyl (C=O) groups is 1. The van der Waals surface area contributed by atoms with Gasteiger partial charge < -0.3 is 15.2 Å². The maximum absolute atomic E-state index is 12.2. The van der Waals surface area contributed by atoms with Crippen LogP contribution < -0.4 is 10.1 Å². The van der Waals surface area contributed by atoms with Gasteiger partial charge in [-0.3, -0.25) is 4.79 Å². The number of ether oxygens (including phenoxy) is 1. The van der Waals surface area contributed by atoms with Gasteiger partial charge in [-0.15, -0.1) is 0 Å². The van der Waals surface area contributed by atoms with Gasteiger partial charge in [-0.05, 0) is 60.4 Å². The van der Waals surface area contributed by atoms with Crippen molar-refractivity contribution in [3.05, 3.63) is 35.4 Å². The van der Waals surface area contributed by atoms with Crippen LogP contribution in [0, 0.1) is 17.8 Å². The second kappa shape index (κ2) is 6.00. The summed E-state index contributed by atoms with van der Waals surface area (Å²) < 4.78 is 5.49. The summed E-state index contributed by atoms with van der Waals surface area (Å²) in [6.07, 6.45) is 7.94. The van der Waals surface area contributed by atoms with Gasteiger partial charge in [0.25, 0.3) is 0 Å². The van der Waals surface area contributed by atoms with E-state index in [1.807, 2.05) is 18.2 Å². The summed E-state index contributed by atoms with van der Waals surface area (Å²) in [5, 5.41) is 12.7. The fourth-order valence-corrected chi connectivity index (χ4v) is 4.59. The average Bonchev–Trinajstić information content (AvgIpc) is 3.27. The predicted octanol–water partition coefficient (Wildman–Crippen LogP) is 2.16. The molecule has 4 rings (SSSR count). The first kappa shape index (κ1) is 14.8. The summed E-state index contributed by atoms with van der Waals surface area (Å²) in [6.45, 7) is 0.927. The van der Waals surface area contributed by atoms with Crippen molar-refractivity contribution >= 4 is 12.0 Å². The van der Waals surface area contributed by atoms with E-state index in [0.29, 0.717) is 11.8 Å². The number of carbonyl (C=O) groups excluding carboxylic acids is 1. The lowest BCUT2D eigenvalue weighted by Crippen LogP contribution is -2.44. The molecule has 1 aliphatic heterocycles. The predicted molar refractivity (Wildman–Crippen MR) is 88.0 cm³/mol. The monoisotopic (exact) mass is 313 g/mol. The van der Waals surface area contributed by atoms with Gasteiger partial charge in [0.2, 0.25) is 5.91 Å². The van der Waals surface area contributed by atoms with E-state index in [0.717, 1.165) is 30.8 Å². The van der Waals surface area contributed by atoms with E-state index in [2.05, 4.69) is 11.4 Å². The van der Waals surface area contributed by atoms with Crippen LogP contribution in [0.4, 0.5) is 0 Å². The van der Waals surface area contributed by atoms with Gasteiger partial charge in [0.1, 0.15) is 5.75 Å². The highest BCUT2D eigenvalue weighted by molar-refractivity contribution is 5.92. The molecule has 2 fully saturated rings. The molecule has 1 aromatic carbocycles. The Morgan fingerprint density at radius 3 is 3.09 bits per heavy atom. The Morgan fingerprint density at radius 2 is 2.22 bits per heavy atom. The molecule has 2 aliphatic carbocycles. The first-order valence-corrected chi connectivity index (χ1v) is 8.60. The number of amides is 1. The molecule has 2 N–H and O–H groups in total. The van der Waals surface area contributed by atoms with E-state index in [9.17, 15) is 9.90 Å². The third kappa shape index (κ3) is 2.76. The van der Waals surface area contributed by atoms with Crippen molar-refractivity contribution in [1.82, 2.24) is 5.32 Å². The Morgan fingerprint density at radius 1 is 1.35 bits per heavy atom. The topological polar surface area (TPSA) is 58.6 Å². The maximum atomic E-state index is 12.2. The highest BCUT2D eigenvalue weighted by Gasteiger charge is 2.47. The summed E-state index contributed by atoms with van der Waals surface area (Å²) >= 11 is 0. The van der Waals surface area contributed by atoms with E-state index in [1.54, 1.807) is 6.08 Å². The molecule has 23 heavy (non-hydrogen) atoms. The molecule has 4 atom stereocenters. The number of hydrogen-bond acceptors (Lipinski definition) is 3. The average molecular weight is 313 g/mol. The van der Waals surface area contributed by atoms with E-state index in [4.69, 9.17) is 4.74 Å². The lowest BCUT2D eigenvalue weighted by molar-refractivity contribution is -0.117. The summed E-state index contributed by atoms with van der Waals surface area (Å²) in [7, 11) is 0. The van der Waals surface area contributed by atoms with Gasteiger partial charge >= 0.3 is 0 Å². The zero-order valence-electron chi connectivity index (χ0n) is 13.2. The van der Waals surface area contributed by atoms with Crippen LogP contribution in [0.15, 0.2) is 24.3 Å². The van der Waals surface area contributed by atoms with Crippen molar-refractivity contribution < 1.29 is 14.6 Å². The van der Waals surface area contributed by atoms with Crippen LogP contribution in [0.3, 0.4) is 0 Å². The van der Waals surface area contributed by atoms with E-state index in [1.165, 1.54) is 18.4 Å². The minimum atomic E-state index is -0.0576. The smallest absolute Gasteiger partial charge is 0.244 e. The molecule has 4 unspecified atom stereocenters. The molecule has 2 bridgehead atoms. The fourth-order valence-electron chi connectivity index (χ4n) is 4.59. The van der Waals surface area contributed by atoms with Crippen LogP contribution in [0.5, 0.6) is 5.75 Å². The van der Waals surface area contributed by atoms with Crippen molar-refractivity contribution in [3.8, 4) is 5.75 Å². The summed E-state index contributed by atoms with van der Waals surface area (Å²) in [5.41, 5.74) is 2.23. The summed E-state index contributed by atoms with van der Waals surface area (Å²) in [4.78, 5) is 12.2. The van der Waals surface area contributed by atoms with Crippen LogP contribution in [0.25, 0.3) is 6.08 Å². The molecule has 4 heteroatoms. The molecule has 3 aliphatic rings. The van der Waals surface area contributed by atoms with Crippen LogP contribution in [-0.2, 0) is 11.2 Å². The van der Waals surface area contributed by atoms with Gasteiger partial charge in [0, 0.05) is 31.1 Å². The van der Waals surface area contributed by atoms with Crippen molar-refractivity contribution in [3.63, 3.8) is 0 Å². The fraction of sp³-hybridized carbons (Fsp3) is 0.526. The van der Waals surface area contributed by atoms with Crippen molar-refractivity contribution in [1.29, 1.82) is 0 Å². The van der Waals surface area contributed by atoms with Gasteiger partial charge in [0.05, 0.1) is 6.61 Å². The second-order valence-corrected chi connectivity index (χ2v) is 7.01. The Bertz CT molecular complexity index is 640. The molecule has 0 saturated heterocycles. The van der Waals surface area contributed by atoms with Gasteiger partial charge in [-0.1, -0.05) is 6.07 Å².